The molecule has 2 atom stereocenters. The Bertz CT molecular complexity index is 566. The van der Waals surface area contributed by atoms with Gasteiger partial charge in [0.2, 0.25) is 0 Å². The van der Waals surface area contributed by atoms with E-state index in [1.807, 2.05) is 30.8 Å². The van der Waals surface area contributed by atoms with Gasteiger partial charge in [-0.3, -0.25) is 0 Å². The average Bonchev–Trinajstić information content (AvgIpc) is 2.77. The number of nitrogens with zero attached hydrogens (tertiary/aromatic N) is 2. The van der Waals surface area contributed by atoms with Crippen molar-refractivity contribution in [3.8, 4) is 0 Å². The van der Waals surface area contributed by atoms with Gasteiger partial charge < -0.3 is 4.57 Å². The van der Waals surface area contributed by atoms with E-state index < -0.39 is 0 Å². The predicted octanol–water partition coefficient (Wildman–Crippen LogP) is 5.30. The molecule has 0 saturated carbocycles. The van der Waals surface area contributed by atoms with Crippen LogP contribution in [0.5, 0.6) is 0 Å². The first-order valence-corrected chi connectivity index (χ1v) is 8.41. The summed E-state index contributed by atoms with van der Waals surface area (Å²) in [6.45, 7) is 6.33. The van der Waals surface area contributed by atoms with Gasteiger partial charge in [-0.2, -0.15) is 11.8 Å². The molecular weight excluding hydrogens is 299 g/mol. The van der Waals surface area contributed by atoms with Crippen LogP contribution in [0.15, 0.2) is 18.2 Å². The lowest BCUT2D eigenvalue weighted by Crippen LogP contribution is -2.12. The van der Waals surface area contributed by atoms with Crippen molar-refractivity contribution in [1.82, 2.24) is 9.55 Å². The topological polar surface area (TPSA) is 17.8 Å². The van der Waals surface area contributed by atoms with Crippen LogP contribution >= 0.6 is 35.0 Å². The Hall–Kier alpha value is -0.380. The maximum absolute atomic E-state index is 6.28. The number of hydrogen-bond acceptors (Lipinski definition) is 2. The molecule has 5 heteroatoms. The van der Waals surface area contributed by atoms with Crippen LogP contribution in [0.1, 0.15) is 38.0 Å². The second kappa shape index (κ2) is 6.38. The molecule has 19 heavy (non-hydrogen) atoms. The van der Waals surface area contributed by atoms with E-state index in [0.29, 0.717) is 11.1 Å². The van der Waals surface area contributed by atoms with Crippen molar-refractivity contribution < 1.29 is 0 Å². The molecule has 2 aromatic rings. The Morgan fingerprint density at radius 1 is 1.37 bits per heavy atom. The molecule has 0 bridgehead atoms. The van der Waals surface area contributed by atoms with Crippen molar-refractivity contribution in [2.45, 2.75) is 32.2 Å². The third kappa shape index (κ3) is 3.04. The van der Waals surface area contributed by atoms with E-state index in [1.165, 1.54) is 0 Å². The monoisotopic (exact) mass is 316 g/mol. The minimum Gasteiger partial charge on any atom is -0.323 e. The zero-order valence-corrected chi connectivity index (χ0v) is 13.7. The molecule has 0 fully saturated rings. The number of imidazole rings is 1. The van der Waals surface area contributed by atoms with Crippen molar-refractivity contribution in [1.29, 1.82) is 0 Å². The summed E-state index contributed by atoms with van der Waals surface area (Å²) in [6.07, 6.45) is 0. The summed E-state index contributed by atoms with van der Waals surface area (Å²) in [5.41, 5.74) is 1.92. The molecule has 0 amide bonds. The molecule has 0 aliphatic carbocycles. The fourth-order valence-electron chi connectivity index (χ4n) is 2.21. The number of thioether (sulfide) groups is 1. The summed E-state index contributed by atoms with van der Waals surface area (Å²) in [4.78, 5) is 4.63. The lowest BCUT2D eigenvalue weighted by Gasteiger charge is -2.18. The Morgan fingerprint density at radius 2 is 2.11 bits per heavy atom. The van der Waals surface area contributed by atoms with Gasteiger partial charge in [-0.05, 0) is 31.7 Å². The van der Waals surface area contributed by atoms with Crippen LogP contribution in [0.3, 0.4) is 0 Å². The first-order valence-electron chi connectivity index (χ1n) is 6.44. The highest BCUT2D eigenvalue weighted by Crippen LogP contribution is 2.32. The summed E-state index contributed by atoms with van der Waals surface area (Å²) in [5, 5.41) is 0.558. The highest BCUT2D eigenvalue weighted by molar-refractivity contribution is 7.99. The highest BCUT2D eigenvalue weighted by Gasteiger charge is 2.20. The second-order valence-electron chi connectivity index (χ2n) is 4.57. The van der Waals surface area contributed by atoms with E-state index in [1.54, 1.807) is 0 Å². The molecule has 0 aliphatic heterocycles. The third-order valence-electron chi connectivity index (χ3n) is 3.06. The Morgan fingerprint density at radius 3 is 2.74 bits per heavy atom. The number of alkyl halides is 1. The van der Waals surface area contributed by atoms with Gasteiger partial charge in [0.05, 0.1) is 15.9 Å². The van der Waals surface area contributed by atoms with E-state index in [-0.39, 0.29) is 5.38 Å². The number of aromatic nitrogens is 2. The molecule has 0 spiro atoms. The summed E-state index contributed by atoms with van der Waals surface area (Å²) in [5.74, 6) is 3.06. The smallest absolute Gasteiger partial charge is 0.128 e. The number of rotatable bonds is 5. The van der Waals surface area contributed by atoms with Crippen LogP contribution in [0.4, 0.5) is 0 Å². The minimum absolute atomic E-state index is 0.127. The van der Waals surface area contributed by atoms with Crippen LogP contribution in [0.25, 0.3) is 11.0 Å². The summed E-state index contributed by atoms with van der Waals surface area (Å²) < 4.78 is 2.22. The normalized spacial score (nSPS) is 14.8. The van der Waals surface area contributed by atoms with Gasteiger partial charge >= 0.3 is 0 Å². The Kier molecular flexibility index (Phi) is 5.04. The quantitative estimate of drug-likeness (QED) is 0.696. The summed E-state index contributed by atoms with van der Waals surface area (Å²) in [6, 6.07) is 6.25. The Labute approximate surface area is 128 Å². The van der Waals surface area contributed by atoms with Crippen molar-refractivity contribution in [3.05, 3.63) is 29.0 Å². The zero-order valence-electron chi connectivity index (χ0n) is 11.4. The molecule has 1 aromatic heterocycles. The summed E-state index contributed by atoms with van der Waals surface area (Å²) in [7, 11) is 0. The van der Waals surface area contributed by atoms with E-state index in [4.69, 9.17) is 23.2 Å². The standard InChI is InChI=1S/C14H18Cl2N2S/c1-4-19-8-9(2)18-12-7-5-6-11(16)13(12)17-14(18)10(3)15/h5-7,9-10H,4,8H2,1-3H3. The molecule has 0 N–H and O–H groups in total. The molecule has 2 unspecified atom stereocenters. The van der Waals surface area contributed by atoms with Crippen LogP contribution in [-0.2, 0) is 0 Å². The molecule has 2 nitrogen and oxygen atoms in total. The molecule has 0 radical (unpaired) electrons. The third-order valence-corrected chi connectivity index (χ3v) is 4.68. The average molecular weight is 317 g/mol. The number of halogens is 2. The van der Waals surface area contributed by atoms with Gasteiger partial charge in [0, 0.05) is 11.8 Å². The Balaban J connectivity index is 2.55. The van der Waals surface area contributed by atoms with E-state index >= 15 is 0 Å². The van der Waals surface area contributed by atoms with Crippen molar-refractivity contribution in [2.75, 3.05) is 11.5 Å². The van der Waals surface area contributed by atoms with Crippen LogP contribution < -0.4 is 0 Å². The van der Waals surface area contributed by atoms with Gasteiger partial charge in [0.1, 0.15) is 11.3 Å². The van der Waals surface area contributed by atoms with Crippen molar-refractivity contribution in [2.24, 2.45) is 0 Å². The van der Waals surface area contributed by atoms with Gasteiger partial charge in [-0.15, -0.1) is 11.6 Å². The van der Waals surface area contributed by atoms with Gasteiger partial charge in [-0.1, -0.05) is 24.6 Å². The number of hydrogen-bond donors (Lipinski definition) is 0. The maximum atomic E-state index is 6.28. The zero-order chi connectivity index (χ0) is 14.0. The molecule has 0 aliphatic rings. The van der Waals surface area contributed by atoms with Crippen molar-refractivity contribution >= 4 is 46.0 Å². The number of fused-ring (bicyclic) bond motifs is 1. The molecule has 1 heterocycles. The van der Waals surface area contributed by atoms with E-state index in [0.717, 1.165) is 28.4 Å². The predicted molar refractivity (Wildman–Crippen MR) is 86.7 cm³/mol. The molecule has 0 saturated heterocycles. The summed E-state index contributed by atoms with van der Waals surface area (Å²) >= 11 is 14.4. The second-order valence-corrected chi connectivity index (χ2v) is 6.95. The highest BCUT2D eigenvalue weighted by atomic mass is 35.5. The van der Waals surface area contributed by atoms with Crippen molar-refractivity contribution in [3.63, 3.8) is 0 Å². The molecule has 2 rings (SSSR count). The number of para-hydroxylation sites is 1. The van der Waals surface area contributed by atoms with E-state index in [9.17, 15) is 0 Å². The number of benzene rings is 1. The van der Waals surface area contributed by atoms with Gasteiger partial charge in [-0.25, -0.2) is 4.98 Å². The first-order chi connectivity index (χ1) is 9.06. The first kappa shape index (κ1) is 15.0. The lowest BCUT2D eigenvalue weighted by molar-refractivity contribution is 0.593. The molecule has 1 aromatic carbocycles. The van der Waals surface area contributed by atoms with Gasteiger partial charge in [0.15, 0.2) is 0 Å². The SMILES string of the molecule is CCSCC(C)n1c(C(C)Cl)nc2c(Cl)cccc21. The van der Waals surface area contributed by atoms with Crippen LogP contribution in [-0.4, -0.2) is 21.1 Å². The molecular formula is C14H18Cl2N2S. The minimum atomic E-state index is -0.127. The van der Waals surface area contributed by atoms with Crippen LogP contribution in [0.2, 0.25) is 5.02 Å². The van der Waals surface area contributed by atoms with Gasteiger partial charge in [0.25, 0.3) is 0 Å². The van der Waals surface area contributed by atoms with Crippen LogP contribution in [0, 0.1) is 0 Å². The van der Waals surface area contributed by atoms with E-state index in [2.05, 4.69) is 29.5 Å². The molecule has 104 valence electrons. The fourth-order valence-corrected chi connectivity index (χ4v) is 3.30. The maximum Gasteiger partial charge on any atom is 0.128 e. The largest absolute Gasteiger partial charge is 0.323 e. The fraction of sp³-hybridized carbons (Fsp3) is 0.500. The lowest BCUT2D eigenvalue weighted by atomic mass is 10.3.